The minimum absolute atomic E-state index is 0. The molecule has 29 heavy (non-hydrogen) atoms. The SMILES string of the molecule is Cl.O=C(O)CNC(=O)c1c(=O)cc(-c2cc(Cl)cc(C(F)(F)F)c2)n2[nH]cnc12. The average Bonchev–Trinajstić information content (AvgIpc) is 3.06. The topological polar surface area (TPSA) is 117 Å². The predicted molar refractivity (Wildman–Crippen MR) is 98.5 cm³/mol. The van der Waals surface area contributed by atoms with Crippen molar-refractivity contribution in [2.45, 2.75) is 6.18 Å². The van der Waals surface area contributed by atoms with Gasteiger partial charge in [0.1, 0.15) is 18.4 Å². The van der Waals surface area contributed by atoms with Gasteiger partial charge >= 0.3 is 12.1 Å². The van der Waals surface area contributed by atoms with Gasteiger partial charge in [0.2, 0.25) is 0 Å². The molecule has 0 aliphatic rings. The van der Waals surface area contributed by atoms with Crippen molar-refractivity contribution in [1.82, 2.24) is 19.9 Å². The van der Waals surface area contributed by atoms with Crippen LogP contribution in [0.25, 0.3) is 16.9 Å². The highest BCUT2D eigenvalue weighted by Crippen LogP contribution is 2.34. The van der Waals surface area contributed by atoms with Gasteiger partial charge < -0.3 is 10.4 Å². The number of carbonyl (C=O) groups is 2. The van der Waals surface area contributed by atoms with E-state index in [-0.39, 0.29) is 34.3 Å². The second-order valence-corrected chi connectivity index (χ2v) is 6.05. The van der Waals surface area contributed by atoms with Crippen LogP contribution in [0, 0.1) is 0 Å². The number of hydrogen-bond donors (Lipinski definition) is 3. The fourth-order valence-electron chi connectivity index (χ4n) is 2.57. The number of carbonyl (C=O) groups excluding carboxylic acids is 1. The molecule has 0 aliphatic carbocycles. The van der Waals surface area contributed by atoms with Gasteiger partial charge in [-0.05, 0) is 18.2 Å². The van der Waals surface area contributed by atoms with Crippen LogP contribution in [-0.4, -0.2) is 38.1 Å². The van der Waals surface area contributed by atoms with Crippen LogP contribution in [0.15, 0.2) is 35.4 Å². The highest BCUT2D eigenvalue weighted by atomic mass is 35.5. The van der Waals surface area contributed by atoms with Crippen molar-refractivity contribution in [3.8, 4) is 11.3 Å². The fourth-order valence-corrected chi connectivity index (χ4v) is 2.80. The third-order valence-corrected chi connectivity index (χ3v) is 3.93. The number of benzene rings is 1. The molecule has 0 saturated heterocycles. The van der Waals surface area contributed by atoms with E-state index in [2.05, 4.69) is 10.1 Å². The number of aliphatic carboxylic acids is 1. The van der Waals surface area contributed by atoms with Gasteiger partial charge in [-0.15, -0.1) is 12.4 Å². The zero-order chi connectivity index (χ0) is 20.6. The molecule has 0 spiro atoms. The molecule has 2 aromatic heterocycles. The van der Waals surface area contributed by atoms with E-state index in [1.807, 2.05) is 5.32 Å². The Morgan fingerprint density at radius 1 is 1.24 bits per heavy atom. The van der Waals surface area contributed by atoms with E-state index >= 15 is 0 Å². The lowest BCUT2D eigenvalue weighted by atomic mass is 10.1. The molecule has 13 heteroatoms. The molecule has 0 radical (unpaired) electrons. The first-order valence-corrected chi connectivity index (χ1v) is 7.93. The molecular formula is C16H11Cl2F3N4O4. The summed E-state index contributed by atoms with van der Waals surface area (Å²) in [6.45, 7) is -0.722. The van der Waals surface area contributed by atoms with Crippen LogP contribution in [0.1, 0.15) is 15.9 Å². The van der Waals surface area contributed by atoms with Crippen LogP contribution in [-0.2, 0) is 11.0 Å². The van der Waals surface area contributed by atoms with E-state index in [4.69, 9.17) is 16.7 Å². The molecule has 2 heterocycles. The summed E-state index contributed by atoms with van der Waals surface area (Å²) in [5.41, 5.74) is -2.55. The molecule has 3 aromatic rings. The third-order valence-electron chi connectivity index (χ3n) is 3.71. The molecule has 0 aliphatic heterocycles. The maximum absolute atomic E-state index is 13.1. The van der Waals surface area contributed by atoms with Gasteiger partial charge in [-0.3, -0.25) is 19.5 Å². The minimum Gasteiger partial charge on any atom is -0.480 e. The standard InChI is InChI=1S/C16H10ClF3N4O4.ClH/c17-9-2-7(1-8(3-9)16(18,19)20)10-4-11(25)13(14-22-6-23-24(10)14)15(28)21-5-12(26)27;/h1-4,6H,5H2,(H,21,28)(H,22,23)(H,26,27);1H. The van der Waals surface area contributed by atoms with E-state index in [9.17, 15) is 27.6 Å². The number of amides is 1. The lowest BCUT2D eigenvalue weighted by Crippen LogP contribution is -2.33. The molecule has 0 bridgehead atoms. The van der Waals surface area contributed by atoms with Gasteiger partial charge in [-0.25, -0.2) is 9.50 Å². The number of fused-ring (bicyclic) bond motifs is 1. The van der Waals surface area contributed by atoms with Crippen LogP contribution in [0.4, 0.5) is 13.2 Å². The first kappa shape index (κ1) is 22.2. The maximum atomic E-state index is 13.1. The molecule has 0 saturated carbocycles. The second-order valence-electron chi connectivity index (χ2n) is 5.62. The summed E-state index contributed by atoms with van der Waals surface area (Å²) in [5.74, 6) is -2.30. The number of alkyl halides is 3. The predicted octanol–water partition coefficient (Wildman–Crippen LogP) is 2.60. The minimum atomic E-state index is -4.66. The van der Waals surface area contributed by atoms with Crippen LogP contribution < -0.4 is 10.7 Å². The third kappa shape index (κ3) is 4.51. The van der Waals surface area contributed by atoms with Gasteiger partial charge in [0.05, 0.1) is 11.3 Å². The maximum Gasteiger partial charge on any atom is 0.416 e. The highest BCUT2D eigenvalue weighted by Gasteiger charge is 2.31. The number of hydrogen-bond acceptors (Lipinski definition) is 4. The number of carboxylic acids is 1. The first-order chi connectivity index (χ1) is 13.1. The molecule has 8 nitrogen and oxygen atoms in total. The Hall–Kier alpha value is -3.05. The molecule has 0 fully saturated rings. The lowest BCUT2D eigenvalue weighted by Gasteiger charge is -2.12. The lowest BCUT2D eigenvalue weighted by molar-refractivity contribution is -0.137. The Labute approximate surface area is 170 Å². The van der Waals surface area contributed by atoms with E-state index in [0.29, 0.717) is 0 Å². The van der Waals surface area contributed by atoms with Gasteiger partial charge in [0.25, 0.3) is 5.91 Å². The number of rotatable bonds is 4. The van der Waals surface area contributed by atoms with E-state index in [0.717, 1.165) is 29.0 Å². The number of nitrogens with one attached hydrogen (secondary N) is 2. The average molecular weight is 451 g/mol. The van der Waals surface area contributed by atoms with Gasteiger partial charge in [-0.1, -0.05) is 11.6 Å². The van der Waals surface area contributed by atoms with E-state index in [1.54, 1.807) is 0 Å². The van der Waals surface area contributed by atoms with Crippen molar-refractivity contribution >= 4 is 41.5 Å². The van der Waals surface area contributed by atoms with Crippen molar-refractivity contribution < 1.29 is 27.9 Å². The Morgan fingerprint density at radius 3 is 2.55 bits per heavy atom. The molecule has 0 unspecified atom stereocenters. The number of pyridine rings is 1. The van der Waals surface area contributed by atoms with Crippen molar-refractivity contribution in [2.75, 3.05) is 6.54 Å². The van der Waals surface area contributed by atoms with Gasteiger partial charge in [-0.2, -0.15) is 13.2 Å². The number of aromatic nitrogens is 3. The summed E-state index contributed by atoms with van der Waals surface area (Å²) in [5, 5.41) is 13.1. The van der Waals surface area contributed by atoms with Crippen molar-refractivity contribution in [2.24, 2.45) is 0 Å². The van der Waals surface area contributed by atoms with Crippen molar-refractivity contribution in [1.29, 1.82) is 0 Å². The van der Waals surface area contributed by atoms with Crippen LogP contribution >= 0.6 is 24.0 Å². The number of aromatic amines is 1. The van der Waals surface area contributed by atoms with E-state index in [1.165, 1.54) is 6.07 Å². The normalized spacial score (nSPS) is 11.2. The Balaban J connectivity index is 0.00000300. The largest absolute Gasteiger partial charge is 0.480 e. The molecular weight excluding hydrogens is 440 g/mol. The summed E-state index contributed by atoms with van der Waals surface area (Å²) >= 11 is 5.79. The fraction of sp³-hybridized carbons (Fsp3) is 0.125. The van der Waals surface area contributed by atoms with Crippen LogP contribution in [0.5, 0.6) is 0 Å². The number of H-pyrrole nitrogens is 1. The highest BCUT2D eigenvalue weighted by molar-refractivity contribution is 6.31. The zero-order valence-corrected chi connectivity index (χ0v) is 15.7. The summed E-state index contributed by atoms with van der Waals surface area (Å²) in [6, 6.07) is 3.71. The number of carboxylic acid groups (broad SMARTS) is 1. The Kier molecular flexibility index (Phi) is 6.24. The molecule has 1 aromatic carbocycles. The Morgan fingerprint density at radius 2 is 1.93 bits per heavy atom. The smallest absolute Gasteiger partial charge is 0.416 e. The molecule has 3 rings (SSSR count). The quantitative estimate of drug-likeness (QED) is 0.564. The molecule has 0 atom stereocenters. The van der Waals surface area contributed by atoms with Crippen LogP contribution in [0.3, 0.4) is 0 Å². The van der Waals surface area contributed by atoms with Crippen LogP contribution in [0.2, 0.25) is 5.02 Å². The molecule has 154 valence electrons. The number of nitrogens with zero attached hydrogens (tertiary/aromatic N) is 2. The van der Waals surface area contributed by atoms with Crippen molar-refractivity contribution in [3.05, 3.63) is 57.0 Å². The van der Waals surface area contributed by atoms with Gasteiger partial charge in [0, 0.05) is 16.7 Å². The second kappa shape index (κ2) is 8.13. The summed E-state index contributed by atoms with van der Waals surface area (Å²) in [7, 11) is 0. The zero-order valence-electron chi connectivity index (χ0n) is 14.1. The summed E-state index contributed by atoms with van der Waals surface area (Å²) in [6.07, 6.45) is -3.53. The Bertz CT molecular complexity index is 1160. The summed E-state index contributed by atoms with van der Waals surface area (Å²) < 4.78 is 40.3. The molecule has 3 N–H and O–H groups in total. The van der Waals surface area contributed by atoms with E-state index < -0.39 is 41.2 Å². The summed E-state index contributed by atoms with van der Waals surface area (Å²) in [4.78, 5) is 39.1. The first-order valence-electron chi connectivity index (χ1n) is 7.55. The molecule has 1 amide bonds. The number of halogens is 5. The van der Waals surface area contributed by atoms with Gasteiger partial charge in [0.15, 0.2) is 11.1 Å². The van der Waals surface area contributed by atoms with Crippen molar-refractivity contribution in [3.63, 3.8) is 0 Å². The monoisotopic (exact) mass is 450 g/mol.